The Bertz CT molecular complexity index is 749. The van der Waals surface area contributed by atoms with Gasteiger partial charge in [0.05, 0.1) is 0 Å². The predicted molar refractivity (Wildman–Crippen MR) is 84.7 cm³/mol. The van der Waals surface area contributed by atoms with Crippen molar-refractivity contribution in [1.82, 2.24) is 10.1 Å². The van der Waals surface area contributed by atoms with E-state index in [1.54, 1.807) is 18.2 Å². The summed E-state index contributed by atoms with van der Waals surface area (Å²) in [5.74, 6) is 0.899. The minimum atomic E-state index is 0.448. The second-order valence-corrected chi connectivity index (χ2v) is 5.28. The summed E-state index contributed by atoms with van der Waals surface area (Å²) in [7, 11) is 1.86. The summed E-state index contributed by atoms with van der Waals surface area (Å²) >= 11 is 12.0. The maximum Gasteiger partial charge on any atom is 0.258 e. The van der Waals surface area contributed by atoms with Gasteiger partial charge in [-0.2, -0.15) is 4.98 Å². The molecule has 3 rings (SSSR count). The van der Waals surface area contributed by atoms with Crippen molar-refractivity contribution in [2.75, 3.05) is 12.4 Å². The van der Waals surface area contributed by atoms with Gasteiger partial charge in [-0.1, -0.05) is 28.4 Å². The minimum absolute atomic E-state index is 0.448. The largest absolute Gasteiger partial charge is 0.388 e. The lowest BCUT2D eigenvalue weighted by Gasteiger charge is -1.99. The van der Waals surface area contributed by atoms with E-state index in [1.807, 2.05) is 31.3 Å². The average Bonchev–Trinajstić information content (AvgIpc) is 2.96. The zero-order valence-electron chi connectivity index (χ0n) is 11.1. The van der Waals surface area contributed by atoms with Gasteiger partial charge < -0.3 is 9.84 Å². The zero-order valence-corrected chi connectivity index (χ0v) is 12.6. The van der Waals surface area contributed by atoms with Gasteiger partial charge in [-0.05, 0) is 42.5 Å². The molecule has 1 aromatic heterocycles. The molecule has 0 aliphatic carbocycles. The van der Waals surface area contributed by atoms with Crippen LogP contribution in [0.3, 0.4) is 0 Å². The molecule has 0 spiro atoms. The highest BCUT2D eigenvalue weighted by Gasteiger charge is 2.11. The van der Waals surface area contributed by atoms with Crippen LogP contribution in [0.15, 0.2) is 47.0 Å². The Morgan fingerprint density at radius 3 is 2.24 bits per heavy atom. The first-order chi connectivity index (χ1) is 10.2. The Hall–Kier alpha value is -2.04. The lowest BCUT2D eigenvalue weighted by atomic mass is 10.2. The third-order valence-corrected chi connectivity index (χ3v) is 3.40. The molecule has 1 N–H and O–H groups in total. The van der Waals surface area contributed by atoms with E-state index in [2.05, 4.69) is 15.5 Å². The second-order valence-electron chi connectivity index (χ2n) is 4.41. The second kappa shape index (κ2) is 5.76. The van der Waals surface area contributed by atoms with Crippen LogP contribution in [-0.4, -0.2) is 17.2 Å². The molecule has 1 heterocycles. The monoisotopic (exact) mass is 319 g/mol. The zero-order chi connectivity index (χ0) is 14.8. The first-order valence-electron chi connectivity index (χ1n) is 6.24. The van der Waals surface area contributed by atoms with E-state index >= 15 is 0 Å². The van der Waals surface area contributed by atoms with Crippen molar-refractivity contribution in [3.05, 3.63) is 52.5 Å². The molecule has 0 bridgehead atoms. The number of halogens is 2. The standard InChI is InChI=1S/C15H11Cl2N3O/c1-18-13-4-2-9(3-5-13)15-19-14(20-21-15)10-6-11(16)8-12(17)7-10/h2-8,18H,1H3. The minimum Gasteiger partial charge on any atom is -0.388 e. The van der Waals surface area contributed by atoms with Crippen LogP contribution in [0.5, 0.6) is 0 Å². The summed E-state index contributed by atoms with van der Waals surface area (Å²) in [4.78, 5) is 4.37. The topological polar surface area (TPSA) is 51.0 Å². The van der Waals surface area contributed by atoms with E-state index in [0.717, 1.165) is 11.3 Å². The van der Waals surface area contributed by atoms with Crippen LogP contribution in [0, 0.1) is 0 Å². The maximum absolute atomic E-state index is 5.98. The molecular weight excluding hydrogens is 309 g/mol. The molecule has 4 nitrogen and oxygen atoms in total. The van der Waals surface area contributed by atoms with Crippen LogP contribution in [0.4, 0.5) is 5.69 Å². The Morgan fingerprint density at radius 1 is 0.952 bits per heavy atom. The quantitative estimate of drug-likeness (QED) is 0.756. The smallest absolute Gasteiger partial charge is 0.258 e. The maximum atomic E-state index is 5.98. The average molecular weight is 320 g/mol. The molecule has 0 unspecified atom stereocenters. The van der Waals surface area contributed by atoms with E-state index in [-0.39, 0.29) is 0 Å². The van der Waals surface area contributed by atoms with Gasteiger partial charge >= 0.3 is 0 Å². The normalized spacial score (nSPS) is 10.6. The molecule has 0 fully saturated rings. The molecule has 0 radical (unpaired) electrons. The van der Waals surface area contributed by atoms with Gasteiger partial charge in [-0.25, -0.2) is 0 Å². The van der Waals surface area contributed by atoms with Crippen LogP contribution in [0.1, 0.15) is 0 Å². The van der Waals surface area contributed by atoms with E-state index < -0.39 is 0 Å². The summed E-state index contributed by atoms with van der Waals surface area (Å²) in [5, 5.41) is 8.08. The summed E-state index contributed by atoms with van der Waals surface area (Å²) < 4.78 is 5.29. The van der Waals surface area contributed by atoms with Gasteiger partial charge in [0.1, 0.15) is 0 Å². The first kappa shape index (κ1) is 13.9. The number of hydrogen-bond acceptors (Lipinski definition) is 4. The van der Waals surface area contributed by atoms with Gasteiger partial charge in [0.2, 0.25) is 5.82 Å². The third kappa shape index (κ3) is 3.01. The fourth-order valence-corrected chi connectivity index (χ4v) is 2.45. The van der Waals surface area contributed by atoms with Crippen molar-refractivity contribution < 1.29 is 4.52 Å². The summed E-state index contributed by atoms with van der Waals surface area (Å²) in [6, 6.07) is 12.8. The molecule has 0 saturated carbocycles. The lowest BCUT2D eigenvalue weighted by Crippen LogP contribution is -1.87. The fourth-order valence-electron chi connectivity index (χ4n) is 1.92. The van der Waals surface area contributed by atoms with Gasteiger partial charge in [-0.3, -0.25) is 0 Å². The van der Waals surface area contributed by atoms with E-state index in [9.17, 15) is 0 Å². The molecular formula is C15H11Cl2N3O. The Kier molecular flexibility index (Phi) is 3.82. The molecule has 0 aliphatic rings. The van der Waals surface area contributed by atoms with Gasteiger partial charge in [0, 0.05) is 33.9 Å². The lowest BCUT2D eigenvalue weighted by molar-refractivity contribution is 0.432. The molecule has 3 aromatic rings. The number of anilines is 1. The van der Waals surface area contributed by atoms with Crippen molar-refractivity contribution in [2.45, 2.75) is 0 Å². The fraction of sp³-hybridized carbons (Fsp3) is 0.0667. The SMILES string of the molecule is CNc1ccc(-c2nc(-c3cc(Cl)cc(Cl)c3)no2)cc1. The molecule has 2 aromatic carbocycles. The van der Waals surface area contributed by atoms with E-state index in [1.165, 1.54) is 0 Å². The summed E-state index contributed by atoms with van der Waals surface area (Å²) in [6.45, 7) is 0. The van der Waals surface area contributed by atoms with Gasteiger partial charge in [-0.15, -0.1) is 0 Å². The molecule has 0 atom stereocenters. The highest BCUT2D eigenvalue weighted by Crippen LogP contribution is 2.27. The van der Waals surface area contributed by atoms with Crippen molar-refractivity contribution >= 4 is 28.9 Å². The first-order valence-corrected chi connectivity index (χ1v) is 6.99. The Morgan fingerprint density at radius 2 is 1.62 bits per heavy atom. The van der Waals surface area contributed by atoms with Crippen LogP contribution < -0.4 is 5.32 Å². The number of nitrogens with zero attached hydrogens (tertiary/aromatic N) is 2. The number of nitrogens with one attached hydrogen (secondary N) is 1. The number of aromatic nitrogens is 2. The summed E-state index contributed by atoms with van der Waals surface area (Å²) in [6.07, 6.45) is 0. The summed E-state index contributed by atoms with van der Waals surface area (Å²) in [5.41, 5.74) is 2.58. The third-order valence-electron chi connectivity index (χ3n) is 2.97. The Balaban J connectivity index is 1.95. The highest BCUT2D eigenvalue weighted by atomic mass is 35.5. The van der Waals surface area contributed by atoms with E-state index in [0.29, 0.717) is 27.3 Å². The van der Waals surface area contributed by atoms with Crippen molar-refractivity contribution in [3.8, 4) is 22.8 Å². The van der Waals surface area contributed by atoms with Crippen molar-refractivity contribution in [3.63, 3.8) is 0 Å². The molecule has 0 amide bonds. The predicted octanol–water partition coefficient (Wildman–Crippen LogP) is 4.75. The molecule has 21 heavy (non-hydrogen) atoms. The van der Waals surface area contributed by atoms with Crippen LogP contribution >= 0.6 is 23.2 Å². The van der Waals surface area contributed by atoms with Crippen molar-refractivity contribution in [2.24, 2.45) is 0 Å². The number of rotatable bonds is 3. The molecule has 0 aliphatic heterocycles. The highest BCUT2D eigenvalue weighted by molar-refractivity contribution is 6.35. The molecule has 106 valence electrons. The van der Waals surface area contributed by atoms with Crippen LogP contribution in [0.25, 0.3) is 22.8 Å². The van der Waals surface area contributed by atoms with Crippen LogP contribution in [0.2, 0.25) is 10.0 Å². The van der Waals surface area contributed by atoms with Gasteiger partial charge in [0.15, 0.2) is 0 Å². The van der Waals surface area contributed by atoms with Crippen molar-refractivity contribution in [1.29, 1.82) is 0 Å². The molecule has 0 saturated heterocycles. The number of benzene rings is 2. The van der Waals surface area contributed by atoms with Gasteiger partial charge in [0.25, 0.3) is 5.89 Å². The Labute approximate surface area is 131 Å². The van der Waals surface area contributed by atoms with Crippen LogP contribution in [-0.2, 0) is 0 Å². The molecule has 6 heteroatoms. The van der Waals surface area contributed by atoms with E-state index in [4.69, 9.17) is 27.7 Å². The number of hydrogen-bond donors (Lipinski definition) is 1.